The lowest BCUT2D eigenvalue weighted by Crippen LogP contribution is -2.42. The Labute approximate surface area is 188 Å². The molecule has 7 nitrogen and oxygen atoms in total. The van der Waals surface area contributed by atoms with Gasteiger partial charge in [0.1, 0.15) is 18.4 Å². The molecule has 1 unspecified atom stereocenters. The number of aryl methyl sites for hydroxylation is 2. The third kappa shape index (κ3) is 5.31. The molecule has 0 saturated heterocycles. The smallest absolute Gasteiger partial charge is 0.322 e. The molecule has 2 aromatic carbocycles. The molecule has 0 fully saturated rings. The maximum Gasteiger partial charge on any atom is 0.322 e. The van der Waals surface area contributed by atoms with Crippen LogP contribution in [0.25, 0.3) is 10.9 Å². The number of rotatable bonds is 9. The average Bonchev–Trinajstić information content (AvgIpc) is 3.10. The molecule has 0 spiro atoms. The van der Waals surface area contributed by atoms with Crippen molar-refractivity contribution in [3.63, 3.8) is 0 Å². The van der Waals surface area contributed by atoms with Crippen LogP contribution in [-0.4, -0.2) is 36.7 Å². The minimum Gasteiger partial charge on any atom is -0.481 e. The summed E-state index contributed by atoms with van der Waals surface area (Å²) in [4.78, 5) is 11.9. The molecular formula is C24H26N2O5S. The van der Waals surface area contributed by atoms with Gasteiger partial charge in [0, 0.05) is 30.1 Å². The molecule has 2 N–H and O–H groups in total. The number of benzene rings is 2. The van der Waals surface area contributed by atoms with Crippen LogP contribution < -0.4 is 9.46 Å². The first-order valence-corrected chi connectivity index (χ1v) is 11.7. The number of carbonyl (C=O) groups is 1. The van der Waals surface area contributed by atoms with E-state index in [-0.39, 0.29) is 17.9 Å². The zero-order valence-corrected chi connectivity index (χ0v) is 19.1. The predicted octanol–water partition coefficient (Wildman–Crippen LogP) is 3.35. The summed E-state index contributed by atoms with van der Waals surface area (Å²) in [5.41, 5.74) is 2.82. The Bertz CT molecular complexity index is 1280. The molecule has 3 rings (SSSR count). The molecule has 3 aromatic rings. The lowest BCUT2D eigenvalue weighted by molar-refractivity contribution is -0.138. The quantitative estimate of drug-likeness (QED) is 0.483. The van der Waals surface area contributed by atoms with Crippen molar-refractivity contribution >= 4 is 26.9 Å². The highest BCUT2D eigenvalue weighted by atomic mass is 32.2. The van der Waals surface area contributed by atoms with E-state index in [1.165, 1.54) is 24.3 Å². The number of carboxylic acids is 1. The molecule has 0 aliphatic heterocycles. The molecular weight excluding hydrogens is 428 g/mol. The number of aliphatic carboxylic acids is 1. The molecule has 0 saturated carbocycles. The third-order valence-electron chi connectivity index (χ3n) is 5.10. The molecule has 1 aromatic heterocycles. The highest BCUT2D eigenvalue weighted by Crippen LogP contribution is 2.25. The van der Waals surface area contributed by atoms with Crippen molar-refractivity contribution in [2.75, 3.05) is 6.61 Å². The molecule has 0 bridgehead atoms. The second-order valence-corrected chi connectivity index (χ2v) is 9.08. The Morgan fingerprint density at radius 1 is 1.22 bits per heavy atom. The first kappa shape index (κ1) is 23.4. The van der Waals surface area contributed by atoms with Crippen LogP contribution in [-0.2, 0) is 27.8 Å². The number of nitrogens with one attached hydrogen (secondary N) is 1. The fourth-order valence-corrected chi connectivity index (χ4v) is 4.66. The highest BCUT2D eigenvalue weighted by Gasteiger charge is 2.27. The Hall–Kier alpha value is -3.28. The van der Waals surface area contributed by atoms with Gasteiger partial charge in [-0.3, -0.25) is 4.79 Å². The van der Waals surface area contributed by atoms with E-state index in [2.05, 4.69) is 16.6 Å². The largest absolute Gasteiger partial charge is 0.481 e. The highest BCUT2D eigenvalue weighted by molar-refractivity contribution is 7.89. The van der Waals surface area contributed by atoms with Crippen LogP contribution in [0.1, 0.15) is 25.0 Å². The van der Waals surface area contributed by atoms with E-state index in [0.717, 1.165) is 28.6 Å². The third-order valence-corrected chi connectivity index (χ3v) is 6.59. The Kier molecular flexibility index (Phi) is 7.23. The Morgan fingerprint density at radius 2 is 1.94 bits per heavy atom. The molecule has 1 heterocycles. The normalized spacial score (nSPS) is 12.2. The summed E-state index contributed by atoms with van der Waals surface area (Å²) in [6, 6.07) is 10.5. The van der Waals surface area contributed by atoms with Gasteiger partial charge >= 0.3 is 5.97 Å². The average molecular weight is 455 g/mol. The number of ether oxygens (including phenoxy) is 1. The number of hydrogen-bond donors (Lipinski definition) is 2. The van der Waals surface area contributed by atoms with Crippen molar-refractivity contribution in [2.24, 2.45) is 0 Å². The number of nitrogens with zero attached hydrogens (tertiary/aromatic N) is 1. The van der Waals surface area contributed by atoms with Crippen LogP contribution >= 0.6 is 0 Å². The van der Waals surface area contributed by atoms with Crippen LogP contribution in [0, 0.1) is 18.8 Å². The molecule has 8 heteroatoms. The maximum atomic E-state index is 12.8. The van der Waals surface area contributed by atoms with Gasteiger partial charge in [-0.2, -0.15) is 4.72 Å². The van der Waals surface area contributed by atoms with Gasteiger partial charge < -0.3 is 14.4 Å². The second kappa shape index (κ2) is 9.90. The second-order valence-electron chi connectivity index (χ2n) is 7.36. The van der Waals surface area contributed by atoms with Crippen molar-refractivity contribution < 1.29 is 23.1 Å². The van der Waals surface area contributed by atoms with Gasteiger partial charge in [0.25, 0.3) is 0 Å². The lowest BCUT2D eigenvalue weighted by Gasteiger charge is -2.15. The summed E-state index contributed by atoms with van der Waals surface area (Å²) in [6.07, 6.45) is 1.91. The summed E-state index contributed by atoms with van der Waals surface area (Å²) < 4.78 is 35.4. The minimum absolute atomic E-state index is 0.0262. The van der Waals surface area contributed by atoms with E-state index in [9.17, 15) is 18.3 Å². The van der Waals surface area contributed by atoms with Crippen LogP contribution in [0.4, 0.5) is 0 Å². The Balaban J connectivity index is 1.84. The number of sulfonamides is 1. The summed E-state index contributed by atoms with van der Waals surface area (Å²) >= 11 is 0. The van der Waals surface area contributed by atoms with Gasteiger partial charge in [-0.15, -0.1) is 5.92 Å². The first-order valence-electron chi connectivity index (χ1n) is 10.2. The van der Waals surface area contributed by atoms with Gasteiger partial charge in [0.05, 0.1) is 4.90 Å². The van der Waals surface area contributed by atoms with Crippen molar-refractivity contribution in [1.82, 2.24) is 9.29 Å². The van der Waals surface area contributed by atoms with Gasteiger partial charge in [-0.1, -0.05) is 17.6 Å². The maximum absolute atomic E-state index is 12.8. The molecule has 0 amide bonds. The zero-order chi connectivity index (χ0) is 23.3. The summed E-state index contributed by atoms with van der Waals surface area (Å²) in [5, 5.41) is 10.7. The van der Waals surface area contributed by atoms with Crippen LogP contribution in [0.5, 0.6) is 5.75 Å². The number of carboxylic acid groups (broad SMARTS) is 1. The molecule has 32 heavy (non-hydrogen) atoms. The molecule has 0 aliphatic carbocycles. The van der Waals surface area contributed by atoms with E-state index in [4.69, 9.17) is 4.74 Å². The summed E-state index contributed by atoms with van der Waals surface area (Å²) in [5.74, 6) is 4.70. The minimum atomic E-state index is -4.05. The van der Waals surface area contributed by atoms with E-state index in [1.54, 1.807) is 6.92 Å². The van der Waals surface area contributed by atoms with Crippen LogP contribution in [0.3, 0.4) is 0 Å². The topological polar surface area (TPSA) is 97.6 Å². The monoisotopic (exact) mass is 454 g/mol. The Morgan fingerprint density at radius 3 is 2.56 bits per heavy atom. The molecule has 168 valence electrons. The van der Waals surface area contributed by atoms with Crippen molar-refractivity contribution in [3.05, 3.63) is 59.8 Å². The lowest BCUT2D eigenvalue weighted by atomic mass is 10.0. The zero-order valence-electron chi connectivity index (χ0n) is 18.3. The standard InChI is InChI=1S/C24H26N2O5S/c1-4-6-13-31-19-8-10-20(11-9-19)32(29,30)25-22(24(27)28)15-18-16-26(5-2)23-12-7-17(3)14-21(18)23/h7-12,14,16,22,25H,5,13,15H2,1-3H3,(H,27,28). The molecule has 0 aliphatic rings. The number of aromatic nitrogens is 1. The van der Waals surface area contributed by atoms with Crippen LogP contribution in [0.2, 0.25) is 0 Å². The van der Waals surface area contributed by atoms with Crippen LogP contribution in [0.15, 0.2) is 53.6 Å². The van der Waals surface area contributed by atoms with Crippen molar-refractivity contribution in [2.45, 2.75) is 44.7 Å². The predicted molar refractivity (Wildman–Crippen MR) is 123 cm³/mol. The van der Waals surface area contributed by atoms with E-state index in [0.29, 0.717) is 5.75 Å². The fraction of sp³-hybridized carbons (Fsp3) is 0.292. The number of fused-ring (bicyclic) bond motifs is 1. The SMILES string of the molecule is CC#CCOc1ccc(S(=O)(=O)NC(Cc2cn(CC)c3ccc(C)cc23)C(=O)O)cc1. The summed E-state index contributed by atoms with van der Waals surface area (Å²) in [6.45, 7) is 6.59. The van der Waals surface area contributed by atoms with E-state index < -0.39 is 22.0 Å². The fourth-order valence-electron chi connectivity index (χ4n) is 3.47. The van der Waals surface area contributed by atoms with Gasteiger partial charge in [-0.25, -0.2) is 8.42 Å². The van der Waals surface area contributed by atoms with Gasteiger partial charge in [-0.05, 0) is 62.7 Å². The van der Waals surface area contributed by atoms with E-state index >= 15 is 0 Å². The first-order chi connectivity index (χ1) is 15.2. The molecule has 0 radical (unpaired) electrons. The van der Waals surface area contributed by atoms with E-state index in [1.807, 2.05) is 42.8 Å². The van der Waals surface area contributed by atoms with Gasteiger partial charge in [0.2, 0.25) is 10.0 Å². The van der Waals surface area contributed by atoms with Crippen molar-refractivity contribution in [3.8, 4) is 17.6 Å². The number of hydrogen-bond acceptors (Lipinski definition) is 4. The summed E-state index contributed by atoms with van der Waals surface area (Å²) in [7, 11) is -4.05. The van der Waals surface area contributed by atoms with Crippen molar-refractivity contribution in [1.29, 1.82) is 0 Å². The van der Waals surface area contributed by atoms with Gasteiger partial charge in [0.15, 0.2) is 0 Å². The molecule has 1 atom stereocenters.